The molecule has 0 saturated carbocycles. The number of aromatic amines is 2. The van der Waals surface area contributed by atoms with Crippen molar-refractivity contribution >= 4 is 29.0 Å². The van der Waals surface area contributed by atoms with Crippen molar-refractivity contribution in [2.24, 2.45) is 0 Å². The lowest BCUT2D eigenvalue weighted by atomic mass is 10.2. The van der Waals surface area contributed by atoms with E-state index in [1.54, 1.807) is 0 Å². The normalized spacial score (nSPS) is 19.0. The van der Waals surface area contributed by atoms with E-state index in [0.29, 0.717) is 42.1 Å². The van der Waals surface area contributed by atoms with E-state index >= 15 is 0 Å². The van der Waals surface area contributed by atoms with Crippen molar-refractivity contribution in [3.63, 3.8) is 0 Å². The molecule has 0 bridgehead atoms. The molecule has 1 aliphatic rings. The molecular formula is C12H13Cl2N5O2. The van der Waals surface area contributed by atoms with Crippen LogP contribution in [0, 0.1) is 0 Å². The summed E-state index contributed by atoms with van der Waals surface area (Å²) in [7, 11) is 0. The highest BCUT2D eigenvalue weighted by Gasteiger charge is 2.25. The number of nitrogens with zero attached hydrogens (tertiary/aromatic N) is 3. The van der Waals surface area contributed by atoms with Gasteiger partial charge in [-0.15, -0.1) is 0 Å². The largest absolute Gasteiger partial charge is 0.377 e. The van der Waals surface area contributed by atoms with Crippen molar-refractivity contribution in [1.29, 1.82) is 0 Å². The maximum atomic E-state index is 12.1. The highest BCUT2D eigenvalue weighted by atomic mass is 35.5. The molecular weight excluding hydrogens is 317 g/mol. The van der Waals surface area contributed by atoms with Gasteiger partial charge < -0.3 is 14.6 Å². The van der Waals surface area contributed by atoms with E-state index in [-0.39, 0.29) is 11.1 Å². The molecule has 2 aromatic rings. The summed E-state index contributed by atoms with van der Waals surface area (Å²) < 4.78 is 5.39. The van der Waals surface area contributed by atoms with Crippen LogP contribution in [0.3, 0.4) is 0 Å². The van der Waals surface area contributed by atoms with Gasteiger partial charge in [-0.2, -0.15) is 5.10 Å². The summed E-state index contributed by atoms with van der Waals surface area (Å²) in [5, 5.41) is 6.79. The van der Waals surface area contributed by atoms with Crippen LogP contribution in [-0.4, -0.2) is 46.0 Å². The molecule has 0 spiro atoms. The lowest BCUT2D eigenvalue weighted by molar-refractivity contribution is 0.0985. The van der Waals surface area contributed by atoms with E-state index in [4.69, 9.17) is 27.9 Å². The summed E-state index contributed by atoms with van der Waals surface area (Å²) in [6, 6.07) is 0.0817. The highest BCUT2D eigenvalue weighted by molar-refractivity contribution is 6.33. The number of anilines is 1. The Hall–Kier alpha value is -1.57. The molecule has 3 heterocycles. The first-order chi connectivity index (χ1) is 10.1. The van der Waals surface area contributed by atoms with Crippen molar-refractivity contribution in [2.75, 3.05) is 24.7 Å². The summed E-state index contributed by atoms with van der Waals surface area (Å²) in [5.74, 6) is 0.764. The zero-order valence-electron chi connectivity index (χ0n) is 11.2. The molecule has 1 fully saturated rings. The molecule has 0 amide bonds. The average molecular weight is 330 g/mol. The Kier molecular flexibility index (Phi) is 3.88. The zero-order valence-corrected chi connectivity index (χ0v) is 12.7. The fraction of sp³-hybridized carbons (Fsp3) is 0.417. The van der Waals surface area contributed by atoms with Gasteiger partial charge >= 0.3 is 0 Å². The number of halogens is 2. The quantitative estimate of drug-likeness (QED) is 0.875. The van der Waals surface area contributed by atoms with E-state index in [2.05, 4.69) is 20.2 Å². The molecule has 112 valence electrons. The number of ether oxygens (including phenoxy) is 1. The first kappa shape index (κ1) is 14.4. The molecule has 1 aliphatic heterocycles. The lowest BCUT2D eigenvalue weighted by Gasteiger charge is -2.34. The topological polar surface area (TPSA) is 86.9 Å². The van der Waals surface area contributed by atoms with Crippen LogP contribution in [0.15, 0.2) is 11.0 Å². The summed E-state index contributed by atoms with van der Waals surface area (Å²) in [6.45, 7) is 3.74. The summed E-state index contributed by atoms with van der Waals surface area (Å²) in [5.41, 5.74) is 0.111. The van der Waals surface area contributed by atoms with Gasteiger partial charge in [-0.1, -0.05) is 23.2 Å². The zero-order chi connectivity index (χ0) is 15.0. The molecule has 2 aromatic heterocycles. The van der Waals surface area contributed by atoms with Gasteiger partial charge in [0.25, 0.3) is 5.56 Å². The van der Waals surface area contributed by atoms with Crippen molar-refractivity contribution in [1.82, 2.24) is 20.2 Å². The monoisotopic (exact) mass is 329 g/mol. The van der Waals surface area contributed by atoms with E-state index in [9.17, 15) is 4.79 Å². The lowest BCUT2D eigenvalue weighted by Crippen LogP contribution is -2.44. The molecule has 21 heavy (non-hydrogen) atoms. The van der Waals surface area contributed by atoms with E-state index in [1.165, 1.54) is 6.20 Å². The van der Waals surface area contributed by atoms with Crippen molar-refractivity contribution in [3.8, 4) is 11.4 Å². The van der Waals surface area contributed by atoms with Crippen molar-refractivity contribution in [3.05, 3.63) is 26.7 Å². The average Bonchev–Trinajstić information content (AvgIpc) is 2.89. The van der Waals surface area contributed by atoms with E-state index < -0.39 is 5.56 Å². The van der Waals surface area contributed by atoms with Crippen LogP contribution in [0.25, 0.3) is 11.4 Å². The number of H-pyrrole nitrogens is 2. The summed E-state index contributed by atoms with van der Waals surface area (Å²) in [4.78, 5) is 21.1. The maximum absolute atomic E-state index is 12.1. The second kappa shape index (κ2) is 5.67. The van der Waals surface area contributed by atoms with Gasteiger partial charge in [-0.05, 0) is 6.92 Å². The summed E-state index contributed by atoms with van der Waals surface area (Å²) >= 11 is 12.1. The molecule has 9 heteroatoms. The number of hydrogen-bond acceptors (Lipinski definition) is 5. The minimum Gasteiger partial charge on any atom is -0.377 e. The molecule has 1 atom stereocenters. The number of nitrogens with one attached hydrogen (secondary N) is 2. The van der Waals surface area contributed by atoms with Gasteiger partial charge in [0.05, 0.1) is 31.0 Å². The smallest absolute Gasteiger partial charge is 0.272 e. The first-order valence-corrected chi connectivity index (χ1v) is 7.17. The molecule has 0 aliphatic carbocycles. The van der Waals surface area contributed by atoms with Crippen LogP contribution >= 0.6 is 23.2 Å². The molecule has 2 N–H and O–H groups in total. The third-order valence-electron chi connectivity index (χ3n) is 3.33. The van der Waals surface area contributed by atoms with Gasteiger partial charge in [0, 0.05) is 6.54 Å². The minimum absolute atomic E-state index is 0.0621. The maximum Gasteiger partial charge on any atom is 0.272 e. The first-order valence-electron chi connectivity index (χ1n) is 6.41. The molecule has 3 rings (SSSR count). The molecule has 0 aromatic carbocycles. The third-order valence-corrected chi connectivity index (χ3v) is 3.96. The van der Waals surface area contributed by atoms with Crippen molar-refractivity contribution < 1.29 is 4.74 Å². The van der Waals surface area contributed by atoms with E-state index in [1.807, 2.05) is 11.8 Å². The number of hydrogen-bond donors (Lipinski definition) is 2. The summed E-state index contributed by atoms with van der Waals surface area (Å²) in [6.07, 6.45) is 1.50. The van der Waals surface area contributed by atoms with Crippen LogP contribution in [0.4, 0.5) is 5.82 Å². The Balaban J connectivity index is 2.10. The predicted octanol–water partition coefficient (Wildman–Crippen LogP) is 1.69. The minimum atomic E-state index is -0.410. The second-order valence-corrected chi connectivity index (χ2v) is 5.52. The van der Waals surface area contributed by atoms with Gasteiger partial charge in [-0.25, -0.2) is 4.98 Å². The Morgan fingerprint density at radius 1 is 1.48 bits per heavy atom. The fourth-order valence-electron chi connectivity index (χ4n) is 2.24. The molecule has 0 radical (unpaired) electrons. The Labute approximate surface area is 130 Å². The highest BCUT2D eigenvalue weighted by Crippen LogP contribution is 2.28. The fourth-order valence-corrected chi connectivity index (χ4v) is 2.63. The number of aromatic nitrogens is 4. The SMILES string of the molecule is C[C@@H]1COCCN1c1nc(-c2cn[nH]c2Cl)[nH]c(=O)c1Cl. The third kappa shape index (κ3) is 2.64. The van der Waals surface area contributed by atoms with Crippen LogP contribution in [0.5, 0.6) is 0 Å². The second-order valence-electron chi connectivity index (χ2n) is 4.77. The van der Waals surface area contributed by atoms with Crippen LogP contribution < -0.4 is 10.5 Å². The molecule has 0 unspecified atom stereocenters. The Bertz CT molecular complexity index is 714. The Morgan fingerprint density at radius 2 is 2.29 bits per heavy atom. The van der Waals surface area contributed by atoms with Gasteiger partial charge in [-0.3, -0.25) is 9.89 Å². The Morgan fingerprint density at radius 3 is 2.95 bits per heavy atom. The predicted molar refractivity (Wildman–Crippen MR) is 80.1 cm³/mol. The van der Waals surface area contributed by atoms with Crippen LogP contribution in [0.1, 0.15) is 6.92 Å². The van der Waals surface area contributed by atoms with Crippen LogP contribution in [-0.2, 0) is 4.74 Å². The van der Waals surface area contributed by atoms with Gasteiger partial charge in [0.1, 0.15) is 16.0 Å². The van der Waals surface area contributed by atoms with Crippen LogP contribution in [0.2, 0.25) is 10.2 Å². The molecule has 1 saturated heterocycles. The number of rotatable bonds is 2. The van der Waals surface area contributed by atoms with Crippen molar-refractivity contribution in [2.45, 2.75) is 13.0 Å². The standard InChI is InChI=1S/C12H13Cl2N5O2/c1-6-5-21-3-2-19(6)11-8(13)12(20)17-10(16-11)7-4-15-18-9(7)14/h4,6H,2-3,5H2,1H3,(H,15,18)(H,16,17,20)/t6-/m1/s1. The van der Waals surface area contributed by atoms with E-state index in [0.717, 1.165) is 0 Å². The van der Waals surface area contributed by atoms with Gasteiger partial charge in [0.15, 0.2) is 5.82 Å². The van der Waals surface area contributed by atoms with Gasteiger partial charge in [0.2, 0.25) is 0 Å². The number of morpholine rings is 1. The molecule has 7 nitrogen and oxygen atoms in total.